The van der Waals surface area contributed by atoms with Gasteiger partial charge >= 0.3 is 0 Å². The van der Waals surface area contributed by atoms with Crippen LogP contribution in [0.3, 0.4) is 0 Å². The molecule has 3 rings (SSSR count). The summed E-state index contributed by atoms with van der Waals surface area (Å²) in [7, 11) is 0. The number of rotatable bonds is 7. The Balaban J connectivity index is 1.63. The molecule has 0 radical (unpaired) electrons. The predicted molar refractivity (Wildman–Crippen MR) is 88.4 cm³/mol. The zero-order chi connectivity index (χ0) is 16.9. The van der Waals surface area contributed by atoms with E-state index in [0.29, 0.717) is 5.69 Å². The van der Waals surface area contributed by atoms with Crippen LogP contribution in [-0.2, 0) is 11.4 Å². The number of hydrogen-bond acceptors (Lipinski definition) is 5. The normalized spacial score (nSPS) is 13.3. The first-order chi connectivity index (χ1) is 11.6. The molecule has 24 heavy (non-hydrogen) atoms. The summed E-state index contributed by atoms with van der Waals surface area (Å²) >= 11 is 0. The first-order valence-electron chi connectivity index (χ1n) is 7.64. The van der Waals surface area contributed by atoms with Crippen LogP contribution in [0.4, 0.5) is 11.4 Å². The summed E-state index contributed by atoms with van der Waals surface area (Å²) in [5.41, 5.74) is 3.71. The van der Waals surface area contributed by atoms with Crippen molar-refractivity contribution in [2.75, 3.05) is 5.32 Å². The molecule has 2 N–H and O–H groups in total. The molecule has 0 atom stereocenters. The molecule has 1 amide bonds. The topological polar surface area (TPSA) is 93.5 Å². The van der Waals surface area contributed by atoms with Crippen LogP contribution in [0, 0.1) is 10.1 Å². The van der Waals surface area contributed by atoms with Gasteiger partial charge in [0.2, 0.25) is 0 Å². The van der Waals surface area contributed by atoms with E-state index in [1.54, 1.807) is 12.1 Å². The van der Waals surface area contributed by atoms with Crippen LogP contribution in [0.25, 0.3) is 0 Å². The summed E-state index contributed by atoms with van der Waals surface area (Å²) in [6.07, 6.45) is 2.01. The van der Waals surface area contributed by atoms with Gasteiger partial charge in [0.1, 0.15) is 5.69 Å². The van der Waals surface area contributed by atoms with Crippen molar-refractivity contribution in [1.82, 2.24) is 5.48 Å². The molecule has 7 heteroatoms. The van der Waals surface area contributed by atoms with Crippen LogP contribution < -0.4 is 10.8 Å². The average Bonchev–Trinajstić information content (AvgIpc) is 3.40. The molecule has 7 nitrogen and oxygen atoms in total. The lowest BCUT2D eigenvalue weighted by molar-refractivity contribution is -0.384. The van der Waals surface area contributed by atoms with E-state index < -0.39 is 10.8 Å². The number of hydroxylamine groups is 1. The van der Waals surface area contributed by atoms with E-state index in [0.717, 1.165) is 18.4 Å². The Morgan fingerprint density at radius 2 is 1.96 bits per heavy atom. The van der Waals surface area contributed by atoms with Crippen LogP contribution >= 0.6 is 0 Å². The molecule has 1 fully saturated rings. The third-order valence-electron chi connectivity index (χ3n) is 3.64. The van der Waals surface area contributed by atoms with Crippen molar-refractivity contribution in [1.29, 1.82) is 0 Å². The SMILES string of the molecule is O=C(NOCc1ccccc1)c1ccc(NC2CC2)c([N+](=O)[O-])c1. The molecule has 2 aromatic rings. The van der Waals surface area contributed by atoms with Gasteiger partial charge < -0.3 is 5.32 Å². The van der Waals surface area contributed by atoms with Crippen molar-refractivity contribution in [3.63, 3.8) is 0 Å². The van der Waals surface area contributed by atoms with Crippen molar-refractivity contribution >= 4 is 17.3 Å². The lowest BCUT2D eigenvalue weighted by Gasteiger charge is -2.09. The van der Waals surface area contributed by atoms with E-state index in [-0.39, 0.29) is 23.9 Å². The van der Waals surface area contributed by atoms with Gasteiger partial charge in [-0.15, -0.1) is 0 Å². The number of nitrogens with zero attached hydrogens (tertiary/aromatic N) is 1. The number of nitrogens with one attached hydrogen (secondary N) is 2. The quantitative estimate of drug-likeness (QED) is 0.602. The van der Waals surface area contributed by atoms with Gasteiger partial charge in [-0.2, -0.15) is 0 Å². The van der Waals surface area contributed by atoms with E-state index in [1.165, 1.54) is 6.07 Å². The van der Waals surface area contributed by atoms with Gasteiger partial charge in [0.25, 0.3) is 11.6 Å². The Kier molecular flexibility index (Phi) is 4.72. The minimum atomic E-state index is -0.521. The Labute approximate surface area is 138 Å². The summed E-state index contributed by atoms with van der Waals surface area (Å²) in [4.78, 5) is 27.9. The standard InChI is InChI=1S/C17H17N3O4/c21-17(19-24-11-12-4-2-1-3-5-12)13-6-9-15(18-14-7-8-14)16(10-13)20(22)23/h1-6,9-10,14,18H,7-8,11H2,(H,19,21). The highest BCUT2D eigenvalue weighted by Crippen LogP contribution is 2.31. The molecule has 2 aromatic carbocycles. The molecule has 0 aliphatic heterocycles. The summed E-state index contributed by atoms with van der Waals surface area (Å²) in [6, 6.07) is 14.0. The second kappa shape index (κ2) is 7.10. The largest absolute Gasteiger partial charge is 0.377 e. The Hall–Kier alpha value is -2.93. The maximum Gasteiger partial charge on any atom is 0.293 e. The van der Waals surface area contributed by atoms with Crippen LogP contribution in [-0.4, -0.2) is 16.9 Å². The second-order valence-electron chi connectivity index (χ2n) is 5.61. The maximum atomic E-state index is 12.1. The van der Waals surface area contributed by atoms with Gasteiger partial charge in [-0.1, -0.05) is 30.3 Å². The highest BCUT2D eigenvalue weighted by atomic mass is 16.7. The van der Waals surface area contributed by atoms with Gasteiger partial charge in [0.05, 0.1) is 11.5 Å². The molecular formula is C17H17N3O4. The van der Waals surface area contributed by atoms with Crippen molar-refractivity contribution in [3.05, 3.63) is 69.8 Å². The smallest absolute Gasteiger partial charge is 0.293 e. The van der Waals surface area contributed by atoms with Gasteiger partial charge in [0.15, 0.2) is 0 Å². The molecule has 1 aliphatic carbocycles. The minimum absolute atomic E-state index is 0.113. The average molecular weight is 327 g/mol. The van der Waals surface area contributed by atoms with Crippen LogP contribution in [0.15, 0.2) is 48.5 Å². The molecule has 0 spiro atoms. The van der Waals surface area contributed by atoms with E-state index in [4.69, 9.17) is 4.84 Å². The van der Waals surface area contributed by atoms with Crippen molar-refractivity contribution in [2.45, 2.75) is 25.5 Å². The summed E-state index contributed by atoms with van der Waals surface area (Å²) in [5.74, 6) is -0.521. The zero-order valence-corrected chi connectivity index (χ0v) is 12.9. The van der Waals surface area contributed by atoms with Crippen molar-refractivity contribution in [2.24, 2.45) is 0 Å². The van der Waals surface area contributed by atoms with Crippen LogP contribution in [0.5, 0.6) is 0 Å². The zero-order valence-electron chi connectivity index (χ0n) is 12.9. The summed E-state index contributed by atoms with van der Waals surface area (Å²) in [6.45, 7) is 0.218. The first kappa shape index (κ1) is 15.9. The number of nitro benzene ring substituents is 1. The van der Waals surface area contributed by atoms with E-state index in [1.807, 2.05) is 30.3 Å². The number of carbonyl (C=O) groups is 1. The fraction of sp³-hybridized carbons (Fsp3) is 0.235. The van der Waals surface area contributed by atoms with E-state index >= 15 is 0 Å². The first-order valence-corrected chi connectivity index (χ1v) is 7.64. The van der Waals surface area contributed by atoms with E-state index in [2.05, 4.69) is 10.8 Å². The van der Waals surface area contributed by atoms with Crippen molar-refractivity contribution < 1.29 is 14.6 Å². The summed E-state index contributed by atoms with van der Waals surface area (Å²) < 4.78 is 0. The fourth-order valence-corrected chi connectivity index (χ4v) is 2.21. The third kappa shape index (κ3) is 4.08. The van der Waals surface area contributed by atoms with Crippen LogP contribution in [0.2, 0.25) is 0 Å². The Morgan fingerprint density at radius 1 is 1.21 bits per heavy atom. The predicted octanol–water partition coefficient (Wildman–Crippen LogP) is 3.03. The number of benzene rings is 2. The van der Waals surface area contributed by atoms with Gasteiger partial charge in [-0.05, 0) is 30.5 Å². The number of carbonyl (C=O) groups excluding carboxylic acids is 1. The highest BCUT2D eigenvalue weighted by molar-refractivity contribution is 5.95. The molecule has 1 aliphatic rings. The molecular weight excluding hydrogens is 310 g/mol. The maximum absolute atomic E-state index is 12.1. The molecule has 1 saturated carbocycles. The van der Waals surface area contributed by atoms with E-state index in [9.17, 15) is 14.9 Å². The van der Waals surface area contributed by atoms with Gasteiger partial charge in [-0.25, -0.2) is 5.48 Å². The number of anilines is 1. The Bertz CT molecular complexity index is 745. The molecule has 0 aromatic heterocycles. The summed E-state index contributed by atoms with van der Waals surface area (Å²) in [5, 5.41) is 14.3. The third-order valence-corrected chi connectivity index (χ3v) is 3.64. The van der Waals surface area contributed by atoms with Crippen molar-refractivity contribution in [3.8, 4) is 0 Å². The monoisotopic (exact) mass is 327 g/mol. The van der Waals surface area contributed by atoms with Gasteiger partial charge in [-0.3, -0.25) is 19.7 Å². The minimum Gasteiger partial charge on any atom is -0.377 e. The molecule has 124 valence electrons. The molecule has 0 bridgehead atoms. The fourth-order valence-electron chi connectivity index (χ4n) is 2.21. The highest BCUT2D eigenvalue weighted by Gasteiger charge is 2.25. The lowest BCUT2D eigenvalue weighted by Crippen LogP contribution is -2.23. The lowest BCUT2D eigenvalue weighted by atomic mass is 10.1. The Morgan fingerprint density at radius 3 is 2.62 bits per heavy atom. The molecule has 0 unspecified atom stereocenters. The molecule has 0 saturated heterocycles. The van der Waals surface area contributed by atoms with Crippen LogP contribution in [0.1, 0.15) is 28.8 Å². The van der Waals surface area contributed by atoms with Gasteiger partial charge in [0, 0.05) is 17.7 Å². The number of amides is 1. The second-order valence-corrected chi connectivity index (χ2v) is 5.61. The number of nitro groups is 1. The number of hydrogen-bond donors (Lipinski definition) is 2. The molecule has 0 heterocycles.